The maximum absolute atomic E-state index is 12.1. The summed E-state index contributed by atoms with van der Waals surface area (Å²) in [7, 11) is 5.71. The summed E-state index contributed by atoms with van der Waals surface area (Å²) in [5.41, 5.74) is 6.65. The van der Waals surface area contributed by atoms with E-state index in [1.807, 2.05) is 24.8 Å². The Kier molecular flexibility index (Phi) is 6.33. The second-order valence-electron chi connectivity index (χ2n) is 9.70. The Bertz CT molecular complexity index is 1090. The van der Waals surface area contributed by atoms with Crippen molar-refractivity contribution in [1.29, 1.82) is 0 Å². The number of nitrogens with one attached hydrogen (secondary N) is 1. The maximum Gasteiger partial charge on any atom is 0.236 e. The van der Waals surface area contributed by atoms with Crippen LogP contribution in [0.15, 0.2) is 18.6 Å². The molecule has 0 unspecified atom stereocenters. The summed E-state index contributed by atoms with van der Waals surface area (Å²) >= 11 is 0. The Hall–Kier alpha value is -2.74. The van der Waals surface area contributed by atoms with Crippen LogP contribution in [-0.2, 0) is 4.79 Å². The summed E-state index contributed by atoms with van der Waals surface area (Å²) in [6.45, 7) is 7.03. The van der Waals surface area contributed by atoms with Crippen LogP contribution in [0.1, 0.15) is 68.2 Å². The summed E-state index contributed by atoms with van der Waals surface area (Å²) in [5, 5.41) is 12.5. The third kappa shape index (κ3) is 4.28. The number of aromatic amines is 1. The van der Waals surface area contributed by atoms with Crippen molar-refractivity contribution in [2.45, 2.75) is 64.3 Å². The zero-order valence-electron chi connectivity index (χ0n) is 20.1. The van der Waals surface area contributed by atoms with Crippen LogP contribution in [0.2, 0.25) is 0 Å². The number of hydrogen-bond donors (Lipinski definition) is 1. The molecule has 0 radical (unpaired) electrons. The van der Waals surface area contributed by atoms with Crippen LogP contribution in [0.25, 0.3) is 16.9 Å². The molecule has 8 heteroatoms. The van der Waals surface area contributed by atoms with E-state index in [9.17, 15) is 4.79 Å². The maximum atomic E-state index is 12.1. The van der Waals surface area contributed by atoms with Gasteiger partial charge in [-0.3, -0.25) is 14.8 Å². The third-order valence-electron chi connectivity index (χ3n) is 6.86. The fourth-order valence-electron chi connectivity index (χ4n) is 4.99. The van der Waals surface area contributed by atoms with Gasteiger partial charge in [0.1, 0.15) is 6.33 Å². The lowest BCUT2D eigenvalue weighted by atomic mass is 9.80. The average Bonchev–Trinajstić information content (AvgIpc) is 3.41. The quantitative estimate of drug-likeness (QED) is 0.637. The minimum atomic E-state index is 0.162. The first-order valence-electron chi connectivity index (χ1n) is 11.5. The van der Waals surface area contributed by atoms with Gasteiger partial charge in [-0.25, -0.2) is 9.50 Å². The highest BCUT2D eigenvalue weighted by Crippen LogP contribution is 2.40. The topological polar surface area (TPSA) is 82.4 Å². The highest BCUT2D eigenvalue weighted by Gasteiger charge is 2.30. The normalized spacial score (nSPS) is 19.2. The van der Waals surface area contributed by atoms with E-state index in [-0.39, 0.29) is 5.91 Å². The molecule has 3 aromatic heterocycles. The molecule has 3 heterocycles. The van der Waals surface area contributed by atoms with Gasteiger partial charge in [0.15, 0.2) is 5.65 Å². The fraction of sp³-hybridized carbons (Fsp3) is 0.583. The molecule has 32 heavy (non-hydrogen) atoms. The molecule has 3 aromatic rings. The van der Waals surface area contributed by atoms with Gasteiger partial charge < -0.3 is 4.90 Å². The van der Waals surface area contributed by atoms with Gasteiger partial charge in [0.05, 0.1) is 12.2 Å². The van der Waals surface area contributed by atoms with Crippen LogP contribution in [0.4, 0.5) is 0 Å². The van der Waals surface area contributed by atoms with Crippen molar-refractivity contribution in [3.63, 3.8) is 0 Å². The van der Waals surface area contributed by atoms with Crippen molar-refractivity contribution < 1.29 is 4.79 Å². The smallest absolute Gasteiger partial charge is 0.236 e. The summed E-state index contributed by atoms with van der Waals surface area (Å²) in [6, 6.07) is 2.61. The zero-order valence-corrected chi connectivity index (χ0v) is 20.1. The van der Waals surface area contributed by atoms with E-state index < -0.39 is 0 Å². The Morgan fingerprint density at radius 1 is 1.22 bits per heavy atom. The Morgan fingerprint density at radius 2 is 1.94 bits per heavy atom. The Labute approximate surface area is 190 Å². The second kappa shape index (κ2) is 9.02. The number of likely N-dealkylation sites (N-methyl/N-ethyl adjacent to an activating group) is 2. The van der Waals surface area contributed by atoms with E-state index in [4.69, 9.17) is 5.10 Å². The first-order chi connectivity index (χ1) is 15.3. The number of nitrogens with zero attached hydrogens (tertiary/aromatic N) is 6. The first kappa shape index (κ1) is 22.5. The molecular formula is C24H35N7O. The number of pyridine rings is 1. The number of rotatable bonds is 6. The Morgan fingerprint density at radius 3 is 2.59 bits per heavy atom. The van der Waals surface area contributed by atoms with Crippen LogP contribution in [0.5, 0.6) is 0 Å². The van der Waals surface area contributed by atoms with Gasteiger partial charge in [-0.1, -0.05) is 13.8 Å². The van der Waals surface area contributed by atoms with Crippen molar-refractivity contribution >= 4 is 11.6 Å². The third-order valence-corrected chi connectivity index (χ3v) is 6.86. The number of fused-ring (bicyclic) bond motifs is 1. The molecule has 8 nitrogen and oxygen atoms in total. The lowest BCUT2D eigenvalue weighted by Crippen LogP contribution is -2.41. The van der Waals surface area contributed by atoms with Gasteiger partial charge in [-0.15, -0.1) is 0 Å². The lowest BCUT2D eigenvalue weighted by Gasteiger charge is -2.35. The van der Waals surface area contributed by atoms with Gasteiger partial charge in [0.25, 0.3) is 0 Å². The zero-order chi connectivity index (χ0) is 23.0. The van der Waals surface area contributed by atoms with Gasteiger partial charge in [0, 0.05) is 49.1 Å². The molecule has 0 bridgehead atoms. The van der Waals surface area contributed by atoms with Gasteiger partial charge >= 0.3 is 0 Å². The highest BCUT2D eigenvalue weighted by atomic mass is 16.2. The minimum Gasteiger partial charge on any atom is -0.348 e. The van der Waals surface area contributed by atoms with E-state index >= 15 is 0 Å². The second-order valence-corrected chi connectivity index (χ2v) is 9.70. The standard InChI is InChI=1S/C24H35N7O/c1-15(2)21-22(17-7-9-19(10-8-17)30(6)13-20(32)29(4)5)27-28-23(21)18-11-16(3)24-25-14-26-31(24)12-18/h11-12,14-15,17,19H,7-10,13H2,1-6H3,(H,27,28). The average molecular weight is 438 g/mol. The number of amides is 1. The monoisotopic (exact) mass is 437 g/mol. The molecule has 1 N–H and O–H groups in total. The molecule has 0 aliphatic heterocycles. The van der Waals surface area contributed by atoms with Crippen LogP contribution in [0.3, 0.4) is 0 Å². The first-order valence-corrected chi connectivity index (χ1v) is 11.5. The van der Waals surface area contributed by atoms with Crippen molar-refractivity contribution in [3.05, 3.63) is 35.4 Å². The Balaban J connectivity index is 1.54. The summed E-state index contributed by atoms with van der Waals surface area (Å²) < 4.78 is 1.83. The highest BCUT2D eigenvalue weighted by molar-refractivity contribution is 5.77. The molecule has 1 saturated carbocycles. The number of aromatic nitrogens is 5. The van der Waals surface area contributed by atoms with E-state index in [1.54, 1.807) is 11.2 Å². The molecule has 0 saturated heterocycles. The fourth-order valence-corrected chi connectivity index (χ4v) is 4.99. The predicted octanol–water partition coefficient (Wildman–Crippen LogP) is 3.60. The molecule has 1 amide bonds. The largest absolute Gasteiger partial charge is 0.348 e. The number of carbonyl (C=O) groups excluding carboxylic acids is 1. The van der Waals surface area contributed by atoms with Crippen LogP contribution in [-0.4, -0.2) is 74.2 Å². The van der Waals surface area contributed by atoms with E-state index in [2.05, 4.69) is 54.0 Å². The molecule has 1 aliphatic rings. The number of hydrogen-bond acceptors (Lipinski definition) is 5. The summed E-state index contributed by atoms with van der Waals surface area (Å²) in [6.07, 6.45) is 8.01. The van der Waals surface area contributed by atoms with Crippen molar-refractivity contribution in [2.75, 3.05) is 27.7 Å². The van der Waals surface area contributed by atoms with E-state index in [1.165, 1.54) is 11.3 Å². The van der Waals surface area contributed by atoms with Crippen molar-refractivity contribution in [3.8, 4) is 11.3 Å². The SMILES string of the molecule is Cc1cc(-c2n[nH]c(C3CCC(N(C)CC(=O)N(C)C)CC3)c2C(C)C)cn2ncnc12. The van der Waals surface area contributed by atoms with Crippen molar-refractivity contribution in [2.24, 2.45) is 0 Å². The number of carbonyl (C=O) groups is 1. The molecule has 172 valence electrons. The van der Waals surface area contributed by atoms with Crippen LogP contribution < -0.4 is 0 Å². The van der Waals surface area contributed by atoms with Gasteiger partial charge in [-0.2, -0.15) is 10.2 Å². The van der Waals surface area contributed by atoms with Crippen LogP contribution >= 0.6 is 0 Å². The predicted molar refractivity (Wildman–Crippen MR) is 126 cm³/mol. The molecule has 4 rings (SSSR count). The number of H-pyrrole nitrogens is 1. The van der Waals surface area contributed by atoms with E-state index in [0.717, 1.165) is 48.2 Å². The summed E-state index contributed by atoms with van der Waals surface area (Å²) in [5.74, 6) is 0.997. The van der Waals surface area contributed by atoms with Gasteiger partial charge in [-0.05, 0) is 57.2 Å². The van der Waals surface area contributed by atoms with Crippen molar-refractivity contribution in [1.82, 2.24) is 34.6 Å². The van der Waals surface area contributed by atoms with Crippen LogP contribution in [0, 0.1) is 6.92 Å². The molecule has 1 fully saturated rings. The molecule has 1 aliphatic carbocycles. The molecular weight excluding hydrogens is 402 g/mol. The summed E-state index contributed by atoms with van der Waals surface area (Å²) in [4.78, 5) is 20.3. The molecule has 0 aromatic carbocycles. The van der Waals surface area contributed by atoms with Gasteiger partial charge in [0.2, 0.25) is 5.91 Å². The molecule has 0 spiro atoms. The molecule has 0 atom stereocenters. The number of aryl methyl sites for hydroxylation is 1. The minimum absolute atomic E-state index is 0.162. The van der Waals surface area contributed by atoms with E-state index in [0.29, 0.717) is 24.4 Å². The lowest BCUT2D eigenvalue weighted by molar-refractivity contribution is -0.130.